The molecule has 2 rings (SSSR count). The summed E-state index contributed by atoms with van der Waals surface area (Å²) in [6.45, 7) is 1.94. The fourth-order valence-electron chi connectivity index (χ4n) is 1.68. The summed E-state index contributed by atoms with van der Waals surface area (Å²) < 4.78 is 5.33. The van der Waals surface area contributed by atoms with Crippen molar-refractivity contribution in [1.29, 1.82) is 0 Å². The first-order chi connectivity index (χ1) is 8.61. The Morgan fingerprint density at radius 3 is 2.56 bits per heavy atom. The van der Waals surface area contributed by atoms with Gasteiger partial charge in [-0.1, -0.05) is 23.7 Å². The molecule has 0 spiro atoms. The van der Waals surface area contributed by atoms with Crippen LogP contribution in [0.15, 0.2) is 36.4 Å². The molecule has 2 aromatic rings. The molecule has 0 saturated heterocycles. The number of hydrogen-bond acceptors (Lipinski definition) is 3. The molecule has 0 aliphatic rings. The number of benzene rings is 2. The first kappa shape index (κ1) is 12.6. The number of halogens is 1. The van der Waals surface area contributed by atoms with Crippen LogP contribution in [0.25, 0.3) is 0 Å². The minimum Gasteiger partial charge on any atom is -0.495 e. The lowest BCUT2D eigenvalue weighted by Crippen LogP contribution is -1.98. The van der Waals surface area contributed by atoms with Crippen LogP contribution >= 0.6 is 11.6 Å². The standard InChI is InChI=1S/C14H15ClN2O/c1-9-7-14(18-2)13(8-10(9)15)17-12-6-4-3-5-11(12)16/h3-8,17H,16H2,1-2H3. The highest BCUT2D eigenvalue weighted by Crippen LogP contribution is 2.34. The summed E-state index contributed by atoms with van der Waals surface area (Å²) >= 11 is 6.12. The zero-order chi connectivity index (χ0) is 13.1. The minimum absolute atomic E-state index is 0.677. The summed E-state index contributed by atoms with van der Waals surface area (Å²) in [5, 5.41) is 3.91. The third-order valence-corrected chi connectivity index (χ3v) is 3.12. The molecule has 0 radical (unpaired) electrons. The summed E-state index contributed by atoms with van der Waals surface area (Å²) in [4.78, 5) is 0. The van der Waals surface area contributed by atoms with Gasteiger partial charge in [0, 0.05) is 5.02 Å². The number of nitrogen functional groups attached to an aromatic ring is 1. The second-order valence-corrected chi connectivity index (χ2v) is 4.42. The Morgan fingerprint density at radius 1 is 1.17 bits per heavy atom. The smallest absolute Gasteiger partial charge is 0.142 e. The number of nitrogens with one attached hydrogen (secondary N) is 1. The molecule has 2 aromatic carbocycles. The van der Waals surface area contributed by atoms with E-state index in [1.807, 2.05) is 43.3 Å². The number of rotatable bonds is 3. The Morgan fingerprint density at radius 2 is 1.89 bits per heavy atom. The van der Waals surface area contributed by atoms with Crippen molar-refractivity contribution in [2.45, 2.75) is 6.92 Å². The highest BCUT2D eigenvalue weighted by atomic mass is 35.5. The number of hydrogen-bond donors (Lipinski definition) is 2. The van der Waals surface area contributed by atoms with Crippen LogP contribution in [-0.4, -0.2) is 7.11 Å². The van der Waals surface area contributed by atoms with Crippen molar-refractivity contribution in [3.8, 4) is 5.75 Å². The van der Waals surface area contributed by atoms with E-state index in [9.17, 15) is 0 Å². The molecular weight excluding hydrogens is 248 g/mol. The molecule has 0 atom stereocenters. The van der Waals surface area contributed by atoms with Crippen molar-refractivity contribution in [2.24, 2.45) is 0 Å². The molecule has 0 aromatic heterocycles. The zero-order valence-electron chi connectivity index (χ0n) is 10.3. The van der Waals surface area contributed by atoms with Crippen molar-refractivity contribution < 1.29 is 4.74 Å². The van der Waals surface area contributed by atoms with Gasteiger partial charge in [0.15, 0.2) is 0 Å². The Bertz CT molecular complexity index is 570. The molecule has 94 valence electrons. The van der Waals surface area contributed by atoms with Gasteiger partial charge in [0.2, 0.25) is 0 Å². The maximum Gasteiger partial charge on any atom is 0.142 e. The molecule has 0 unspecified atom stereocenters. The molecular formula is C14H15ClN2O. The van der Waals surface area contributed by atoms with Crippen molar-refractivity contribution >= 4 is 28.7 Å². The Kier molecular flexibility index (Phi) is 3.63. The lowest BCUT2D eigenvalue weighted by molar-refractivity contribution is 0.416. The minimum atomic E-state index is 0.677. The van der Waals surface area contributed by atoms with E-state index in [-0.39, 0.29) is 0 Å². The van der Waals surface area contributed by atoms with Gasteiger partial charge in [-0.25, -0.2) is 0 Å². The van der Waals surface area contributed by atoms with Crippen molar-refractivity contribution in [3.63, 3.8) is 0 Å². The molecule has 3 nitrogen and oxygen atoms in total. The Hall–Kier alpha value is -1.87. The van der Waals surface area contributed by atoms with E-state index in [2.05, 4.69) is 5.32 Å². The maximum atomic E-state index is 6.12. The van der Waals surface area contributed by atoms with Gasteiger partial charge in [-0.2, -0.15) is 0 Å². The van der Waals surface area contributed by atoms with Crippen LogP contribution in [0.1, 0.15) is 5.56 Å². The molecule has 3 N–H and O–H groups in total. The highest BCUT2D eigenvalue weighted by Gasteiger charge is 2.08. The first-order valence-electron chi connectivity index (χ1n) is 5.57. The second kappa shape index (κ2) is 5.19. The predicted molar refractivity (Wildman–Crippen MR) is 76.9 cm³/mol. The van der Waals surface area contributed by atoms with Crippen LogP contribution in [-0.2, 0) is 0 Å². The van der Waals surface area contributed by atoms with E-state index in [0.717, 1.165) is 22.7 Å². The zero-order valence-corrected chi connectivity index (χ0v) is 11.1. The average Bonchev–Trinajstić information content (AvgIpc) is 2.36. The van der Waals surface area contributed by atoms with Crippen LogP contribution in [0.2, 0.25) is 5.02 Å². The highest BCUT2D eigenvalue weighted by molar-refractivity contribution is 6.31. The van der Waals surface area contributed by atoms with E-state index in [1.165, 1.54) is 0 Å². The van der Waals surface area contributed by atoms with Gasteiger partial charge in [-0.15, -0.1) is 0 Å². The van der Waals surface area contributed by atoms with Crippen LogP contribution in [0.5, 0.6) is 5.75 Å². The van der Waals surface area contributed by atoms with Crippen LogP contribution in [0.3, 0.4) is 0 Å². The number of anilines is 3. The number of nitrogens with two attached hydrogens (primary N) is 1. The van der Waals surface area contributed by atoms with Gasteiger partial charge in [-0.3, -0.25) is 0 Å². The largest absolute Gasteiger partial charge is 0.495 e. The second-order valence-electron chi connectivity index (χ2n) is 4.01. The van der Waals surface area contributed by atoms with E-state index in [1.54, 1.807) is 7.11 Å². The SMILES string of the molecule is COc1cc(C)c(Cl)cc1Nc1ccccc1N. The third-order valence-electron chi connectivity index (χ3n) is 2.71. The number of aryl methyl sites for hydroxylation is 1. The van der Waals surface area contributed by atoms with Gasteiger partial charge in [-0.05, 0) is 36.8 Å². The Balaban J connectivity index is 2.40. The van der Waals surface area contributed by atoms with Crippen LogP contribution < -0.4 is 15.8 Å². The summed E-state index contributed by atoms with van der Waals surface area (Å²) in [5.74, 6) is 0.736. The monoisotopic (exact) mass is 262 g/mol. The predicted octanol–water partition coefficient (Wildman–Crippen LogP) is 3.98. The van der Waals surface area contributed by atoms with Crippen molar-refractivity contribution in [1.82, 2.24) is 0 Å². The molecule has 0 fully saturated rings. The van der Waals surface area contributed by atoms with Gasteiger partial charge >= 0.3 is 0 Å². The van der Waals surface area contributed by atoms with E-state index < -0.39 is 0 Å². The number of ether oxygens (including phenoxy) is 1. The molecule has 0 bridgehead atoms. The molecule has 0 amide bonds. The van der Waals surface area contributed by atoms with Gasteiger partial charge in [0.05, 0.1) is 24.2 Å². The van der Waals surface area contributed by atoms with Crippen LogP contribution in [0, 0.1) is 6.92 Å². The van der Waals surface area contributed by atoms with Gasteiger partial charge in [0.1, 0.15) is 5.75 Å². The molecule has 18 heavy (non-hydrogen) atoms. The quantitative estimate of drug-likeness (QED) is 0.823. The molecule has 0 saturated carbocycles. The van der Waals surface area contributed by atoms with E-state index in [4.69, 9.17) is 22.1 Å². The topological polar surface area (TPSA) is 47.3 Å². The van der Waals surface area contributed by atoms with Crippen LogP contribution in [0.4, 0.5) is 17.1 Å². The van der Waals surface area contributed by atoms with Crippen molar-refractivity contribution in [3.05, 3.63) is 47.0 Å². The van der Waals surface area contributed by atoms with Gasteiger partial charge in [0.25, 0.3) is 0 Å². The molecule has 0 aliphatic heterocycles. The molecule has 4 heteroatoms. The fourth-order valence-corrected chi connectivity index (χ4v) is 1.84. The van der Waals surface area contributed by atoms with E-state index >= 15 is 0 Å². The lowest BCUT2D eigenvalue weighted by Gasteiger charge is -2.14. The summed E-state index contributed by atoms with van der Waals surface area (Å²) in [7, 11) is 1.63. The first-order valence-corrected chi connectivity index (χ1v) is 5.95. The summed E-state index contributed by atoms with van der Waals surface area (Å²) in [6.07, 6.45) is 0. The molecule has 0 aliphatic carbocycles. The fraction of sp³-hybridized carbons (Fsp3) is 0.143. The summed E-state index contributed by atoms with van der Waals surface area (Å²) in [5.41, 5.74) is 9.17. The Labute approximate surface area is 112 Å². The van der Waals surface area contributed by atoms with Crippen molar-refractivity contribution in [2.75, 3.05) is 18.2 Å². The molecule has 0 heterocycles. The lowest BCUT2D eigenvalue weighted by atomic mass is 10.2. The average molecular weight is 263 g/mol. The maximum absolute atomic E-state index is 6.12. The normalized spacial score (nSPS) is 10.2. The summed E-state index contributed by atoms with van der Waals surface area (Å²) in [6, 6.07) is 11.3. The number of para-hydroxylation sites is 2. The third kappa shape index (κ3) is 2.51. The number of methoxy groups -OCH3 is 1. The van der Waals surface area contributed by atoms with E-state index in [0.29, 0.717) is 10.7 Å². The van der Waals surface area contributed by atoms with Gasteiger partial charge < -0.3 is 15.8 Å².